The summed E-state index contributed by atoms with van der Waals surface area (Å²) in [5, 5.41) is 34.1. The van der Waals surface area contributed by atoms with Gasteiger partial charge in [0, 0.05) is 12.1 Å². The molecule has 0 saturated heterocycles. The maximum absolute atomic E-state index is 12.3. The summed E-state index contributed by atoms with van der Waals surface area (Å²) in [6.07, 6.45) is -1.52. The number of nitrogens with one attached hydrogen (secondary N) is 1. The number of aliphatic hydroxyl groups excluding tert-OH is 1. The predicted molar refractivity (Wildman–Crippen MR) is 98.8 cm³/mol. The molecule has 0 unspecified atom stereocenters. The minimum atomic E-state index is -1.52. The molecular formula is C16H10Cl2N4O5. The minimum Gasteiger partial charge on any atom is -0.410 e. The maximum Gasteiger partial charge on any atom is 0.276 e. The van der Waals surface area contributed by atoms with E-state index in [1.807, 2.05) is 0 Å². The monoisotopic (exact) mass is 408 g/mol. The van der Waals surface area contributed by atoms with Gasteiger partial charge in [0.05, 0.1) is 26.0 Å². The molecule has 1 aromatic heterocycles. The number of hydrogen-bond donors (Lipinski definition) is 3. The first kappa shape index (κ1) is 18.8. The summed E-state index contributed by atoms with van der Waals surface area (Å²) in [6, 6.07) is 7.93. The standard InChI is InChI=1S/C16H10Cl2N4O5/c17-9-3-1-7(5-10(9)18)15(23)13(21-25)14-16(24)20-12-6-8(22(26)27)2-4-11(12)19-14/h1-6,15,23,25H,(H,20,24)/b21-13+/t15-/m1/s1. The van der Waals surface area contributed by atoms with Crippen molar-refractivity contribution in [2.45, 2.75) is 6.10 Å². The molecule has 0 spiro atoms. The van der Waals surface area contributed by atoms with Gasteiger partial charge in [-0.05, 0) is 23.8 Å². The van der Waals surface area contributed by atoms with Gasteiger partial charge in [0.1, 0.15) is 11.8 Å². The van der Waals surface area contributed by atoms with Gasteiger partial charge in [-0.25, -0.2) is 4.98 Å². The molecule has 3 aromatic rings. The minimum absolute atomic E-state index is 0.124. The number of benzene rings is 2. The molecule has 0 fully saturated rings. The highest BCUT2D eigenvalue weighted by Crippen LogP contribution is 2.27. The van der Waals surface area contributed by atoms with Gasteiger partial charge in [-0.15, -0.1) is 0 Å². The summed E-state index contributed by atoms with van der Waals surface area (Å²) in [5.41, 5.74) is -1.24. The van der Waals surface area contributed by atoms with Gasteiger partial charge in [0.25, 0.3) is 11.2 Å². The van der Waals surface area contributed by atoms with Crippen molar-refractivity contribution in [3.8, 4) is 0 Å². The van der Waals surface area contributed by atoms with E-state index < -0.39 is 22.3 Å². The average Bonchev–Trinajstić information content (AvgIpc) is 2.64. The van der Waals surface area contributed by atoms with Crippen LogP contribution in [0.4, 0.5) is 5.69 Å². The fourth-order valence-electron chi connectivity index (χ4n) is 2.43. The molecule has 0 amide bonds. The summed E-state index contributed by atoms with van der Waals surface area (Å²) in [4.78, 5) is 29.0. The molecule has 0 aliphatic carbocycles. The molecule has 0 bridgehead atoms. The molecule has 0 radical (unpaired) electrons. The molecular weight excluding hydrogens is 399 g/mol. The van der Waals surface area contributed by atoms with Crippen LogP contribution in [0, 0.1) is 10.1 Å². The smallest absolute Gasteiger partial charge is 0.276 e. The number of nitro groups is 1. The Bertz CT molecular complexity index is 1150. The number of aromatic amines is 1. The van der Waals surface area contributed by atoms with E-state index in [-0.39, 0.29) is 38.0 Å². The van der Waals surface area contributed by atoms with Crippen molar-refractivity contribution in [3.05, 3.63) is 78.2 Å². The Morgan fingerprint density at radius 2 is 1.96 bits per heavy atom. The van der Waals surface area contributed by atoms with Gasteiger partial charge in [0.2, 0.25) is 0 Å². The van der Waals surface area contributed by atoms with Crippen LogP contribution in [0.2, 0.25) is 10.0 Å². The number of hydrogen-bond acceptors (Lipinski definition) is 7. The number of fused-ring (bicyclic) bond motifs is 1. The van der Waals surface area contributed by atoms with E-state index in [2.05, 4.69) is 15.1 Å². The summed E-state index contributed by atoms with van der Waals surface area (Å²) in [6.45, 7) is 0. The first-order chi connectivity index (χ1) is 12.8. The zero-order chi connectivity index (χ0) is 19.7. The van der Waals surface area contributed by atoms with Gasteiger partial charge in [-0.3, -0.25) is 14.9 Å². The van der Waals surface area contributed by atoms with Crippen LogP contribution in [0.3, 0.4) is 0 Å². The maximum atomic E-state index is 12.3. The number of oxime groups is 1. The van der Waals surface area contributed by atoms with Crippen molar-refractivity contribution in [1.82, 2.24) is 9.97 Å². The molecule has 1 heterocycles. The fourth-order valence-corrected chi connectivity index (χ4v) is 2.74. The second-order valence-electron chi connectivity index (χ2n) is 5.43. The number of aromatic nitrogens is 2. The number of nitro benzene ring substituents is 1. The van der Waals surface area contributed by atoms with E-state index in [0.29, 0.717) is 0 Å². The number of non-ortho nitro benzene ring substituents is 1. The van der Waals surface area contributed by atoms with Crippen molar-refractivity contribution in [3.63, 3.8) is 0 Å². The fraction of sp³-hybridized carbons (Fsp3) is 0.0625. The van der Waals surface area contributed by atoms with Gasteiger partial charge in [-0.1, -0.05) is 34.4 Å². The number of rotatable bonds is 4. The average molecular weight is 409 g/mol. The van der Waals surface area contributed by atoms with Crippen molar-refractivity contribution in [1.29, 1.82) is 0 Å². The third-order valence-electron chi connectivity index (χ3n) is 3.76. The number of halogens is 2. The molecule has 2 aromatic carbocycles. The van der Waals surface area contributed by atoms with Crippen LogP contribution < -0.4 is 5.56 Å². The lowest BCUT2D eigenvalue weighted by Gasteiger charge is -2.13. The molecule has 27 heavy (non-hydrogen) atoms. The normalized spacial score (nSPS) is 12.9. The lowest BCUT2D eigenvalue weighted by atomic mass is 10.0. The molecule has 138 valence electrons. The number of aliphatic hydroxyl groups is 1. The van der Waals surface area contributed by atoms with Gasteiger partial charge >= 0.3 is 0 Å². The highest BCUT2D eigenvalue weighted by Gasteiger charge is 2.24. The summed E-state index contributed by atoms with van der Waals surface area (Å²) >= 11 is 11.8. The van der Waals surface area contributed by atoms with Crippen LogP contribution in [-0.2, 0) is 0 Å². The van der Waals surface area contributed by atoms with Crippen molar-refractivity contribution in [2.24, 2.45) is 5.16 Å². The zero-order valence-corrected chi connectivity index (χ0v) is 14.8. The van der Waals surface area contributed by atoms with Crippen molar-refractivity contribution in [2.75, 3.05) is 0 Å². The lowest BCUT2D eigenvalue weighted by Crippen LogP contribution is -2.25. The highest BCUT2D eigenvalue weighted by atomic mass is 35.5. The van der Waals surface area contributed by atoms with Crippen molar-refractivity contribution >= 4 is 45.6 Å². The van der Waals surface area contributed by atoms with E-state index in [1.54, 1.807) is 0 Å². The largest absolute Gasteiger partial charge is 0.410 e. The molecule has 3 N–H and O–H groups in total. The second kappa shape index (κ2) is 7.31. The summed E-state index contributed by atoms with van der Waals surface area (Å²) in [7, 11) is 0. The van der Waals surface area contributed by atoms with E-state index in [1.165, 1.54) is 30.3 Å². The topological polar surface area (TPSA) is 142 Å². The second-order valence-corrected chi connectivity index (χ2v) is 6.25. The quantitative estimate of drug-likeness (QED) is 0.262. The predicted octanol–water partition coefficient (Wildman–Crippen LogP) is 3.05. The van der Waals surface area contributed by atoms with Crippen LogP contribution in [0.15, 0.2) is 46.3 Å². The SMILES string of the molecule is O=c1[nH]c2cc([N+](=O)[O-])ccc2nc1/C(=N\O)[C@H](O)c1ccc(Cl)c(Cl)c1. The van der Waals surface area contributed by atoms with Crippen LogP contribution >= 0.6 is 23.2 Å². The van der Waals surface area contributed by atoms with Crippen molar-refractivity contribution < 1.29 is 15.2 Å². The Morgan fingerprint density at radius 1 is 1.22 bits per heavy atom. The number of H-pyrrole nitrogens is 1. The molecule has 0 aliphatic heterocycles. The third kappa shape index (κ3) is 3.61. The van der Waals surface area contributed by atoms with Gasteiger partial charge in [-0.2, -0.15) is 0 Å². The van der Waals surface area contributed by atoms with E-state index >= 15 is 0 Å². The molecule has 3 rings (SSSR count). The number of nitrogens with zero attached hydrogens (tertiary/aromatic N) is 3. The first-order valence-electron chi connectivity index (χ1n) is 7.35. The highest BCUT2D eigenvalue weighted by molar-refractivity contribution is 6.42. The Kier molecular flexibility index (Phi) is 5.08. The Morgan fingerprint density at radius 3 is 2.59 bits per heavy atom. The Labute approximate surface area is 160 Å². The van der Waals surface area contributed by atoms with Gasteiger partial charge < -0.3 is 15.3 Å². The first-order valence-corrected chi connectivity index (χ1v) is 8.11. The van der Waals surface area contributed by atoms with E-state index in [0.717, 1.165) is 6.07 Å². The Hall–Kier alpha value is -3.01. The third-order valence-corrected chi connectivity index (χ3v) is 4.49. The van der Waals surface area contributed by atoms with Crippen LogP contribution in [0.25, 0.3) is 11.0 Å². The van der Waals surface area contributed by atoms with E-state index in [9.17, 15) is 25.2 Å². The van der Waals surface area contributed by atoms with Crippen LogP contribution in [-0.4, -0.2) is 30.9 Å². The molecule has 11 heteroatoms. The van der Waals surface area contributed by atoms with Crippen LogP contribution in [0.1, 0.15) is 17.4 Å². The molecule has 9 nitrogen and oxygen atoms in total. The summed E-state index contributed by atoms with van der Waals surface area (Å²) < 4.78 is 0. The molecule has 0 aliphatic rings. The summed E-state index contributed by atoms with van der Waals surface area (Å²) in [5.74, 6) is 0. The van der Waals surface area contributed by atoms with Crippen LogP contribution in [0.5, 0.6) is 0 Å². The molecule has 1 atom stereocenters. The lowest BCUT2D eigenvalue weighted by molar-refractivity contribution is -0.384. The molecule has 0 saturated carbocycles. The Balaban J connectivity index is 2.09. The zero-order valence-electron chi connectivity index (χ0n) is 13.3. The van der Waals surface area contributed by atoms with Gasteiger partial charge in [0.15, 0.2) is 5.69 Å². The van der Waals surface area contributed by atoms with E-state index in [4.69, 9.17) is 23.2 Å².